The molecule has 1 aromatic carbocycles. The lowest BCUT2D eigenvalue weighted by atomic mass is 9.98. The molecule has 3 aromatic rings. The molecule has 0 unspecified atom stereocenters. The van der Waals surface area contributed by atoms with Crippen molar-refractivity contribution in [2.45, 2.75) is 56.8 Å². The van der Waals surface area contributed by atoms with Crippen molar-refractivity contribution in [2.24, 2.45) is 0 Å². The molecule has 4 atom stereocenters. The number of nitrogens with zero attached hydrogens (tertiary/aromatic N) is 6. The molecule has 6 rings (SSSR count). The Balaban J connectivity index is 0.993. The van der Waals surface area contributed by atoms with Crippen molar-refractivity contribution in [1.29, 1.82) is 0 Å². The van der Waals surface area contributed by atoms with Gasteiger partial charge in [-0.25, -0.2) is 9.78 Å². The Hall–Kier alpha value is -4.28. The van der Waals surface area contributed by atoms with Crippen LogP contribution in [0.15, 0.2) is 54.9 Å². The molecule has 0 saturated carbocycles. The lowest BCUT2D eigenvalue weighted by Crippen LogP contribution is -2.56. The fourth-order valence-corrected chi connectivity index (χ4v) is 5.52. The summed E-state index contributed by atoms with van der Waals surface area (Å²) in [5.41, 5.74) is -0.171. The van der Waals surface area contributed by atoms with Gasteiger partial charge in [0, 0.05) is 32.2 Å². The highest BCUT2D eigenvalue weighted by molar-refractivity contribution is 5.68. The molecule has 13 nitrogen and oxygen atoms in total. The quantitative estimate of drug-likeness (QED) is 0.384. The highest BCUT2D eigenvalue weighted by Gasteiger charge is 2.52. The Morgan fingerprint density at radius 3 is 2.50 bits per heavy atom. The van der Waals surface area contributed by atoms with Gasteiger partial charge in [-0.05, 0) is 25.5 Å². The van der Waals surface area contributed by atoms with Gasteiger partial charge in [0.2, 0.25) is 5.88 Å². The zero-order chi connectivity index (χ0) is 32.3. The number of hydrogen-bond acceptors (Lipinski definition) is 12. The van der Waals surface area contributed by atoms with E-state index in [-0.39, 0.29) is 37.6 Å². The molecule has 3 saturated heterocycles. The van der Waals surface area contributed by atoms with E-state index in [1.807, 2.05) is 35.2 Å². The molecule has 16 heteroatoms. The Morgan fingerprint density at radius 2 is 1.78 bits per heavy atom. The summed E-state index contributed by atoms with van der Waals surface area (Å²) in [5.74, 6) is -0.0701. The van der Waals surface area contributed by atoms with Gasteiger partial charge in [0.15, 0.2) is 17.3 Å². The molecule has 3 aliphatic heterocycles. The number of nitrogens with one attached hydrogen (secondary N) is 1. The predicted octanol–water partition coefficient (Wildman–Crippen LogP) is 3.52. The number of benzene rings is 1. The Morgan fingerprint density at radius 1 is 1.02 bits per heavy atom. The van der Waals surface area contributed by atoms with Gasteiger partial charge < -0.3 is 38.8 Å². The SMILES string of the molecule is CC1(C)O[C@@H]2[C@H](O1)[C@@H](Nc1cncc(C(F)(F)F)n1)CO[C@@H]2COc1ccc(N2CCN(C(=O)OCc3ccccc3)CC2)nn1. The van der Waals surface area contributed by atoms with Crippen LogP contribution in [0.25, 0.3) is 0 Å². The maximum absolute atomic E-state index is 13.1. The average molecular weight is 646 g/mol. The third-order valence-corrected chi connectivity index (χ3v) is 7.76. The number of aromatic nitrogens is 4. The number of hydrogen-bond donors (Lipinski definition) is 1. The fourth-order valence-electron chi connectivity index (χ4n) is 5.52. The number of piperazine rings is 1. The number of anilines is 2. The molecule has 0 aliphatic carbocycles. The summed E-state index contributed by atoms with van der Waals surface area (Å²) in [4.78, 5) is 23.5. The molecule has 2 aromatic heterocycles. The Bertz CT molecular complexity index is 1480. The molecule has 0 radical (unpaired) electrons. The average Bonchev–Trinajstić information content (AvgIpc) is 3.39. The molecule has 5 heterocycles. The monoisotopic (exact) mass is 645 g/mol. The summed E-state index contributed by atoms with van der Waals surface area (Å²) in [7, 11) is 0. The van der Waals surface area contributed by atoms with Crippen LogP contribution in [0.5, 0.6) is 5.88 Å². The highest BCUT2D eigenvalue weighted by atomic mass is 19.4. The largest absolute Gasteiger partial charge is 0.474 e. The van der Waals surface area contributed by atoms with Crippen molar-refractivity contribution in [2.75, 3.05) is 49.6 Å². The lowest BCUT2D eigenvalue weighted by Gasteiger charge is -2.37. The maximum Gasteiger partial charge on any atom is 0.434 e. The van der Waals surface area contributed by atoms with Gasteiger partial charge >= 0.3 is 12.3 Å². The second-order valence-electron chi connectivity index (χ2n) is 11.5. The van der Waals surface area contributed by atoms with Crippen LogP contribution in [0.1, 0.15) is 25.1 Å². The summed E-state index contributed by atoms with van der Waals surface area (Å²) in [6, 6.07) is 12.5. The number of fused-ring (bicyclic) bond motifs is 1. The van der Waals surface area contributed by atoms with Crippen LogP contribution in [0, 0.1) is 0 Å². The Kier molecular flexibility index (Phi) is 9.11. The van der Waals surface area contributed by atoms with Crippen LogP contribution in [0.2, 0.25) is 0 Å². The number of rotatable bonds is 8. The Labute approximate surface area is 263 Å². The summed E-state index contributed by atoms with van der Waals surface area (Å²) in [6.07, 6.45) is -4.78. The van der Waals surface area contributed by atoms with Gasteiger partial charge in [-0.2, -0.15) is 13.2 Å². The molecule has 246 valence electrons. The lowest BCUT2D eigenvalue weighted by molar-refractivity contribution is -0.156. The summed E-state index contributed by atoms with van der Waals surface area (Å²) in [5, 5.41) is 11.5. The molecule has 0 bridgehead atoms. The molecule has 3 fully saturated rings. The smallest absolute Gasteiger partial charge is 0.434 e. The highest BCUT2D eigenvalue weighted by Crippen LogP contribution is 2.37. The zero-order valence-electron chi connectivity index (χ0n) is 25.2. The molecule has 0 spiro atoms. The number of carbonyl (C=O) groups is 1. The first kappa shape index (κ1) is 31.7. The van der Waals surface area contributed by atoms with Gasteiger partial charge in [-0.3, -0.25) is 4.98 Å². The summed E-state index contributed by atoms with van der Waals surface area (Å²) in [6.45, 7) is 6.03. The third-order valence-electron chi connectivity index (χ3n) is 7.76. The van der Waals surface area contributed by atoms with Gasteiger partial charge in [0.05, 0.1) is 25.0 Å². The van der Waals surface area contributed by atoms with Crippen LogP contribution >= 0.6 is 0 Å². The van der Waals surface area contributed by atoms with E-state index in [1.165, 1.54) is 6.20 Å². The summed E-state index contributed by atoms with van der Waals surface area (Å²) < 4.78 is 68.9. The number of halogens is 3. The van der Waals surface area contributed by atoms with Gasteiger partial charge in [0.25, 0.3) is 0 Å². The minimum atomic E-state index is -4.62. The van der Waals surface area contributed by atoms with Crippen molar-refractivity contribution in [3.05, 3.63) is 66.1 Å². The standard InChI is InChI=1S/C30H34F3N7O6/c1-29(2)45-26-20(35-23-15-34-14-22(36-23)30(31,32)33)17-42-21(27(26)46-29)18-43-25-9-8-24(37-38-25)39-10-12-40(13-11-39)28(41)44-16-19-6-4-3-5-7-19/h3-9,14-15,20-21,26-27H,10-13,16-18H2,1-2H3,(H,35,36)/t20-,21+,26+,27-/m0/s1. The van der Waals surface area contributed by atoms with Crippen molar-refractivity contribution < 1.29 is 41.7 Å². The number of alkyl halides is 3. The van der Waals surface area contributed by atoms with E-state index in [1.54, 1.807) is 30.9 Å². The first-order valence-electron chi connectivity index (χ1n) is 14.8. The van der Waals surface area contributed by atoms with Gasteiger partial charge in [0.1, 0.15) is 37.3 Å². The van der Waals surface area contributed by atoms with Crippen LogP contribution in [0.4, 0.5) is 29.6 Å². The van der Waals surface area contributed by atoms with E-state index < -0.39 is 42.0 Å². The fraction of sp³-hybridized carbons (Fsp3) is 0.500. The van der Waals surface area contributed by atoms with Crippen LogP contribution < -0.4 is 15.0 Å². The van der Waals surface area contributed by atoms with E-state index in [0.717, 1.165) is 5.56 Å². The molecule has 1 N–H and O–H groups in total. The molecule has 3 aliphatic rings. The molecular weight excluding hydrogens is 611 g/mol. The second-order valence-corrected chi connectivity index (χ2v) is 11.5. The summed E-state index contributed by atoms with van der Waals surface area (Å²) >= 11 is 0. The van der Waals surface area contributed by atoms with Crippen LogP contribution in [0.3, 0.4) is 0 Å². The number of carbonyl (C=O) groups excluding carboxylic acids is 1. The normalized spacial score (nSPS) is 24.3. The number of amides is 1. The van der Waals surface area contributed by atoms with Crippen molar-refractivity contribution in [3.8, 4) is 5.88 Å². The first-order chi connectivity index (χ1) is 22.0. The number of ether oxygens (including phenoxy) is 5. The zero-order valence-corrected chi connectivity index (χ0v) is 25.2. The predicted molar refractivity (Wildman–Crippen MR) is 156 cm³/mol. The molecule has 1 amide bonds. The van der Waals surface area contributed by atoms with Crippen molar-refractivity contribution in [1.82, 2.24) is 25.1 Å². The van der Waals surface area contributed by atoms with Crippen LogP contribution in [-0.4, -0.2) is 101 Å². The van der Waals surface area contributed by atoms with Crippen molar-refractivity contribution >= 4 is 17.7 Å². The van der Waals surface area contributed by atoms with Gasteiger partial charge in [-0.15, -0.1) is 10.2 Å². The van der Waals surface area contributed by atoms with E-state index >= 15 is 0 Å². The van der Waals surface area contributed by atoms with Crippen LogP contribution in [-0.2, 0) is 31.7 Å². The van der Waals surface area contributed by atoms with Gasteiger partial charge in [-0.1, -0.05) is 30.3 Å². The third kappa shape index (κ3) is 7.57. The molecule has 46 heavy (non-hydrogen) atoms. The second kappa shape index (κ2) is 13.2. The van der Waals surface area contributed by atoms with E-state index in [9.17, 15) is 18.0 Å². The maximum atomic E-state index is 13.1. The topological polar surface area (TPSA) is 133 Å². The first-order valence-corrected chi connectivity index (χ1v) is 14.8. The van der Waals surface area contributed by atoms with E-state index in [4.69, 9.17) is 23.7 Å². The minimum Gasteiger partial charge on any atom is -0.474 e. The minimum absolute atomic E-state index is 0.0510. The van der Waals surface area contributed by atoms with E-state index in [2.05, 4.69) is 25.5 Å². The van der Waals surface area contributed by atoms with E-state index in [0.29, 0.717) is 38.2 Å². The van der Waals surface area contributed by atoms with Crippen molar-refractivity contribution in [3.63, 3.8) is 0 Å². The molecular formula is C30H34F3N7O6.